The molecule has 2 heterocycles. The number of nitrogens with two attached hydrogens (primary N) is 1. The summed E-state index contributed by atoms with van der Waals surface area (Å²) in [4.78, 5) is 16.3. The molecule has 0 atom stereocenters. The highest BCUT2D eigenvalue weighted by Crippen LogP contribution is 2.30. The topological polar surface area (TPSA) is 83.7 Å². The summed E-state index contributed by atoms with van der Waals surface area (Å²) in [6, 6.07) is 6.73. The number of anilines is 1. The fourth-order valence-electron chi connectivity index (χ4n) is 2.88. The summed E-state index contributed by atoms with van der Waals surface area (Å²) in [5.74, 6) is 0.00911. The summed E-state index contributed by atoms with van der Waals surface area (Å²) in [7, 11) is -1.81. The second-order valence-electron chi connectivity index (χ2n) is 5.93. The molecule has 8 heteroatoms. The molecule has 1 aliphatic heterocycles. The van der Waals surface area contributed by atoms with Crippen molar-refractivity contribution in [1.29, 1.82) is 0 Å². The van der Waals surface area contributed by atoms with Crippen LogP contribution in [0.25, 0.3) is 0 Å². The third-order valence-electron chi connectivity index (χ3n) is 4.01. The van der Waals surface area contributed by atoms with Gasteiger partial charge in [0.2, 0.25) is 15.9 Å². The minimum absolute atomic E-state index is 0.00911. The van der Waals surface area contributed by atoms with Crippen LogP contribution in [0.1, 0.15) is 11.1 Å². The Hall–Kier alpha value is -1.74. The number of benzene rings is 1. The summed E-state index contributed by atoms with van der Waals surface area (Å²) < 4.78 is 22.9. The van der Waals surface area contributed by atoms with Gasteiger partial charge in [0.15, 0.2) is 0 Å². The SMILES string of the molecule is CN(CC(=O)N1CCc2cc(S(N)(=O)=O)ccc21)Cc1ccsc1. The van der Waals surface area contributed by atoms with E-state index in [1.807, 2.05) is 23.4 Å². The average Bonchev–Trinajstić information content (AvgIpc) is 3.14. The number of hydrogen-bond donors (Lipinski definition) is 1. The number of carbonyl (C=O) groups is 1. The van der Waals surface area contributed by atoms with Crippen LogP contribution in [-0.4, -0.2) is 39.4 Å². The van der Waals surface area contributed by atoms with E-state index in [-0.39, 0.29) is 10.8 Å². The van der Waals surface area contributed by atoms with Crippen LogP contribution in [0.4, 0.5) is 5.69 Å². The Kier molecular flexibility index (Phi) is 4.73. The maximum Gasteiger partial charge on any atom is 0.241 e. The number of thiophene rings is 1. The van der Waals surface area contributed by atoms with E-state index in [1.165, 1.54) is 11.6 Å². The highest BCUT2D eigenvalue weighted by molar-refractivity contribution is 7.89. The number of likely N-dealkylation sites (N-methyl/N-ethyl adjacent to an activating group) is 1. The van der Waals surface area contributed by atoms with Gasteiger partial charge in [-0.05, 0) is 59.6 Å². The Labute approximate surface area is 145 Å². The molecule has 6 nitrogen and oxygen atoms in total. The summed E-state index contributed by atoms with van der Waals surface area (Å²) in [5.41, 5.74) is 2.81. The van der Waals surface area contributed by atoms with Gasteiger partial charge in [-0.3, -0.25) is 9.69 Å². The van der Waals surface area contributed by atoms with Gasteiger partial charge in [0.05, 0.1) is 11.4 Å². The highest BCUT2D eigenvalue weighted by Gasteiger charge is 2.26. The monoisotopic (exact) mass is 365 g/mol. The zero-order valence-corrected chi connectivity index (χ0v) is 14.9. The number of primary sulfonamides is 1. The molecule has 1 aromatic heterocycles. The minimum atomic E-state index is -3.72. The summed E-state index contributed by atoms with van der Waals surface area (Å²) >= 11 is 1.64. The zero-order valence-electron chi connectivity index (χ0n) is 13.3. The van der Waals surface area contributed by atoms with E-state index in [9.17, 15) is 13.2 Å². The smallest absolute Gasteiger partial charge is 0.241 e. The molecule has 0 bridgehead atoms. The second kappa shape index (κ2) is 6.64. The Bertz CT molecular complexity index is 847. The molecule has 0 aliphatic carbocycles. The quantitative estimate of drug-likeness (QED) is 0.868. The van der Waals surface area contributed by atoms with E-state index in [0.717, 1.165) is 17.8 Å². The van der Waals surface area contributed by atoms with Crippen molar-refractivity contribution in [3.05, 3.63) is 46.2 Å². The van der Waals surface area contributed by atoms with Crippen molar-refractivity contribution in [2.24, 2.45) is 5.14 Å². The first kappa shape index (κ1) is 17.1. The lowest BCUT2D eigenvalue weighted by Crippen LogP contribution is -2.37. The molecular formula is C16H19N3O3S2. The van der Waals surface area contributed by atoms with Crippen LogP contribution < -0.4 is 10.0 Å². The van der Waals surface area contributed by atoms with Gasteiger partial charge in [0.25, 0.3) is 0 Å². The molecule has 2 aromatic rings. The Morgan fingerprint density at radius 3 is 2.83 bits per heavy atom. The molecule has 0 fully saturated rings. The fourth-order valence-corrected chi connectivity index (χ4v) is 4.10. The first-order valence-electron chi connectivity index (χ1n) is 7.50. The average molecular weight is 365 g/mol. The number of rotatable bonds is 5. The van der Waals surface area contributed by atoms with Crippen LogP contribution in [0.15, 0.2) is 39.9 Å². The summed E-state index contributed by atoms with van der Waals surface area (Å²) in [6.07, 6.45) is 0.638. The zero-order chi connectivity index (χ0) is 17.3. The Balaban J connectivity index is 1.70. The maximum absolute atomic E-state index is 12.6. The van der Waals surface area contributed by atoms with E-state index in [2.05, 4.69) is 5.38 Å². The first-order chi connectivity index (χ1) is 11.3. The van der Waals surface area contributed by atoms with E-state index in [0.29, 0.717) is 19.5 Å². The van der Waals surface area contributed by atoms with Gasteiger partial charge in [-0.1, -0.05) is 0 Å². The Morgan fingerprint density at radius 1 is 1.38 bits per heavy atom. The predicted octanol–water partition coefficient (Wildman–Crippen LogP) is 1.42. The van der Waals surface area contributed by atoms with E-state index in [1.54, 1.807) is 28.4 Å². The van der Waals surface area contributed by atoms with Crippen LogP contribution in [0, 0.1) is 0 Å². The van der Waals surface area contributed by atoms with Crippen LogP contribution in [0.5, 0.6) is 0 Å². The largest absolute Gasteiger partial charge is 0.311 e. The molecule has 24 heavy (non-hydrogen) atoms. The predicted molar refractivity (Wildman–Crippen MR) is 94.5 cm³/mol. The van der Waals surface area contributed by atoms with Gasteiger partial charge in [-0.15, -0.1) is 0 Å². The van der Waals surface area contributed by atoms with E-state index < -0.39 is 10.0 Å². The van der Waals surface area contributed by atoms with Crippen molar-refractivity contribution < 1.29 is 13.2 Å². The van der Waals surface area contributed by atoms with Crippen molar-refractivity contribution >= 4 is 33.0 Å². The summed E-state index contributed by atoms with van der Waals surface area (Å²) in [5, 5.41) is 9.25. The number of sulfonamides is 1. The lowest BCUT2D eigenvalue weighted by molar-refractivity contribution is -0.119. The van der Waals surface area contributed by atoms with Crippen molar-refractivity contribution in [3.8, 4) is 0 Å². The number of hydrogen-bond acceptors (Lipinski definition) is 5. The van der Waals surface area contributed by atoms with Crippen molar-refractivity contribution in [1.82, 2.24) is 4.90 Å². The van der Waals surface area contributed by atoms with Crippen LogP contribution >= 0.6 is 11.3 Å². The Morgan fingerprint density at radius 2 is 2.17 bits per heavy atom. The maximum atomic E-state index is 12.6. The number of fused-ring (bicyclic) bond motifs is 1. The first-order valence-corrected chi connectivity index (χ1v) is 9.99. The van der Waals surface area contributed by atoms with Gasteiger partial charge in [0, 0.05) is 18.8 Å². The second-order valence-corrected chi connectivity index (χ2v) is 8.28. The van der Waals surface area contributed by atoms with Gasteiger partial charge in [-0.2, -0.15) is 11.3 Å². The lowest BCUT2D eigenvalue weighted by atomic mass is 10.2. The molecule has 0 spiro atoms. The highest BCUT2D eigenvalue weighted by atomic mass is 32.2. The molecule has 1 amide bonds. The van der Waals surface area contributed by atoms with Crippen LogP contribution in [0.3, 0.4) is 0 Å². The normalized spacial score (nSPS) is 14.2. The van der Waals surface area contributed by atoms with E-state index in [4.69, 9.17) is 5.14 Å². The van der Waals surface area contributed by atoms with Gasteiger partial charge >= 0.3 is 0 Å². The molecule has 3 rings (SSSR count). The molecular weight excluding hydrogens is 346 g/mol. The van der Waals surface area contributed by atoms with Crippen molar-refractivity contribution in [2.45, 2.75) is 17.9 Å². The number of nitrogens with zero attached hydrogens (tertiary/aromatic N) is 2. The van der Waals surface area contributed by atoms with E-state index >= 15 is 0 Å². The number of carbonyl (C=O) groups excluding carboxylic acids is 1. The minimum Gasteiger partial charge on any atom is -0.311 e. The molecule has 1 aliphatic rings. The van der Waals surface area contributed by atoms with Crippen LogP contribution in [0.2, 0.25) is 0 Å². The third-order valence-corrected chi connectivity index (χ3v) is 5.66. The molecule has 0 unspecified atom stereocenters. The summed E-state index contributed by atoms with van der Waals surface area (Å²) in [6.45, 7) is 1.60. The molecule has 2 N–H and O–H groups in total. The van der Waals surface area contributed by atoms with Crippen LogP contribution in [-0.2, 0) is 27.8 Å². The van der Waals surface area contributed by atoms with Gasteiger partial charge in [-0.25, -0.2) is 13.6 Å². The lowest BCUT2D eigenvalue weighted by Gasteiger charge is -2.22. The van der Waals surface area contributed by atoms with Gasteiger partial charge in [0.1, 0.15) is 0 Å². The fraction of sp³-hybridized carbons (Fsp3) is 0.312. The van der Waals surface area contributed by atoms with Gasteiger partial charge < -0.3 is 4.90 Å². The molecule has 0 saturated carbocycles. The molecule has 128 valence electrons. The molecule has 0 radical (unpaired) electrons. The molecule has 0 saturated heterocycles. The standard InChI is InChI=1S/C16H19N3O3S2/c1-18(9-12-5-7-23-11-12)10-16(20)19-6-4-13-8-14(24(17,21)22)2-3-15(13)19/h2-3,5,7-8,11H,4,6,9-10H2,1H3,(H2,17,21,22). The molecule has 1 aromatic carbocycles. The number of amides is 1. The van der Waals surface area contributed by atoms with Crippen molar-refractivity contribution in [2.75, 3.05) is 25.0 Å². The van der Waals surface area contributed by atoms with Crippen molar-refractivity contribution in [3.63, 3.8) is 0 Å². The third kappa shape index (κ3) is 3.67.